The number of rotatable bonds is 10. The molecule has 0 radical (unpaired) electrons. The minimum atomic E-state index is -0.0501. The van der Waals surface area contributed by atoms with E-state index in [4.69, 9.17) is 10.2 Å². The Labute approximate surface area is 431 Å². The molecular weight excluding hydrogens is 950 g/mol. The molecule has 2 heterocycles. The van der Waals surface area contributed by atoms with Crippen LogP contribution in [-0.4, -0.2) is 29.9 Å². The fourth-order valence-electron chi connectivity index (χ4n) is 10.8. The van der Waals surface area contributed by atoms with Crippen LogP contribution in [0.1, 0.15) is 0 Å². The Hall–Kier alpha value is -9.05. The summed E-state index contributed by atoms with van der Waals surface area (Å²) in [5.41, 5.74) is 21.7. The zero-order valence-electron chi connectivity index (χ0n) is 39.7. The molecule has 0 N–H and O–H groups in total. The number of hydrogen-bond donors (Lipinski definition) is 0. The van der Waals surface area contributed by atoms with Crippen molar-refractivity contribution in [3.63, 3.8) is 0 Å². The van der Waals surface area contributed by atoms with Gasteiger partial charge in [0.15, 0.2) is 0 Å². The van der Waals surface area contributed by atoms with E-state index < -0.39 is 0 Å². The van der Waals surface area contributed by atoms with Crippen LogP contribution in [0, 0.1) is 0 Å². The predicted octanol–water partition coefficient (Wildman–Crippen LogP) is 17.9. The standard InChI is InChI=1S/C69H45N3Se/c1-6-26-46(27-7-1)51-36-16-19-39-54(51)62-61(49-32-12-4-13-33-49)69-65(59-44-24-25-45-60(59)73-69)64(63(62)55-40-20-17-37-52(55)47-28-8-2-9-29-47)57-42-22-23-43-58(57)68-66(67(70-72-71-68)50-34-14-5-15-35-50)56-41-21-18-38-53(56)48-30-10-3-11-31-48/h1-45H. The van der Waals surface area contributed by atoms with Gasteiger partial charge in [-0.1, -0.05) is 6.07 Å². The molecule has 0 spiro atoms. The summed E-state index contributed by atoms with van der Waals surface area (Å²) in [5, 5.41) is 17.3. The molecule has 0 saturated carbocycles. The molecule has 0 bridgehead atoms. The minimum absolute atomic E-state index is 0.0501. The Bertz CT molecular complexity index is 4110. The van der Waals surface area contributed by atoms with Crippen molar-refractivity contribution in [1.82, 2.24) is 15.4 Å². The Morgan fingerprint density at radius 3 is 1.07 bits per heavy atom. The van der Waals surface area contributed by atoms with Crippen molar-refractivity contribution in [2.45, 2.75) is 0 Å². The second-order valence-electron chi connectivity index (χ2n) is 18.2. The number of fused-ring (bicyclic) bond motifs is 3. The summed E-state index contributed by atoms with van der Waals surface area (Å²) < 4.78 is 2.73. The van der Waals surface area contributed by atoms with Gasteiger partial charge in [-0.15, -0.1) is 0 Å². The van der Waals surface area contributed by atoms with E-state index in [1.165, 1.54) is 52.7 Å². The van der Waals surface area contributed by atoms with Crippen LogP contribution in [0.3, 0.4) is 0 Å². The van der Waals surface area contributed by atoms with Crippen molar-refractivity contribution >= 4 is 33.8 Å². The first-order chi connectivity index (χ1) is 36.3. The van der Waals surface area contributed by atoms with Crippen LogP contribution in [0.4, 0.5) is 0 Å². The summed E-state index contributed by atoms with van der Waals surface area (Å²) in [4.78, 5) is 0. The van der Waals surface area contributed by atoms with Gasteiger partial charge < -0.3 is 0 Å². The topological polar surface area (TPSA) is 38.7 Å². The molecule has 0 aliphatic carbocycles. The molecule has 0 aliphatic heterocycles. The predicted molar refractivity (Wildman–Crippen MR) is 306 cm³/mol. The van der Waals surface area contributed by atoms with Gasteiger partial charge in [-0.3, -0.25) is 0 Å². The first-order valence-electron chi connectivity index (χ1n) is 24.7. The second kappa shape index (κ2) is 19.3. The van der Waals surface area contributed by atoms with Gasteiger partial charge in [0.1, 0.15) is 0 Å². The van der Waals surface area contributed by atoms with E-state index in [9.17, 15) is 0 Å². The van der Waals surface area contributed by atoms with Crippen molar-refractivity contribution in [2.24, 2.45) is 0 Å². The summed E-state index contributed by atoms with van der Waals surface area (Å²) in [7, 11) is 0. The van der Waals surface area contributed by atoms with Gasteiger partial charge in [0.2, 0.25) is 0 Å². The van der Waals surface area contributed by atoms with E-state index in [-0.39, 0.29) is 14.5 Å². The average molecular weight is 995 g/mol. The van der Waals surface area contributed by atoms with E-state index in [0.717, 1.165) is 78.1 Å². The van der Waals surface area contributed by atoms with Crippen molar-refractivity contribution in [3.05, 3.63) is 273 Å². The zero-order chi connectivity index (χ0) is 48.5. The van der Waals surface area contributed by atoms with E-state index in [1.54, 1.807) is 0 Å². The van der Waals surface area contributed by atoms with Crippen LogP contribution in [-0.2, 0) is 0 Å². The maximum atomic E-state index is 5.18. The second-order valence-corrected chi connectivity index (χ2v) is 20.4. The molecule has 0 unspecified atom stereocenters. The molecule has 4 heteroatoms. The van der Waals surface area contributed by atoms with Crippen molar-refractivity contribution < 1.29 is 0 Å². The Morgan fingerprint density at radius 1 is 0.233 bits per heavy atom. The fraction of sp³-hybridized carbons (Fsp3) is 0. The molecule has 11 aromatic carbocycles. The Kier molecular flexibility index (Phi) is 11.6. The van der Waals surface area contributed by atoms with Crippen molar-refractivity contribution in [3.8, 4) is 112 Å². The third-order valence-electron chi connectivity index (χ3n) is 14.0. The molecule has 0 aliphatic rings. The van der Waals surface area contributed by atoms with E-state index in [2.05, 4.69) is 272 Å². The summed E-state index contributed by atoms with van der Waals surface area (Å²) >= 11 is -0.0501. The molecular formula is C69H45N3Se. The SMILES string of the molecule is c1ccc(-c2ccccc2-c2c(-c3ccccc3)nnnc2-c2ccccc2-c2c(-c3ccccc3-c3ccccc3)c(-c3ccccc3-c3ccccc3)c(-c3ccccc3)c3[se]c4ccccc4c23)cc1. The van der Waals surface area contributed by atoms with Crippen molar-refractivity contribution in [1.29, 1.82) is 0 Å². The third kappa shape index (κ3) is 7.91. The van der Waals surface area contributed by atoms with Gasteiger partial charge in [0, 0.05) is 0 Å². The molecule has 342 valence electrons. The zero-order valence-corrected chi connectivity index (χ0v) is 41.4. The van der Waals surface area contributed by atoms with Crippen LogP contribution in [0.15, 0.2) is 273 Å². The van der Waals surface area contributed by atoms with E-state index in [1.807, 2.05) is 6.07 Å². The first kappa shape index (κ1) is 43.9. The van der Waals surface area contributed by atoms with E-state index >= 15 is 0 Å². The van der Waals surface area contributed by atoms with Gasteiger partial charge in [-0.2, -0.15) is 0 Å². The van der Waals surface area contributed by atoms with Gasteiger partial charge in [0.05, 0.1) is 0 Å². The van der Waals surface area contributed by atoms with Crippen LogP contribution >= 0.6 is 0 Å². The quantitative estimate of drug-likeness (QED) is 0.128. The third-order valence-corrected chi connectivity index (χ3v) is 16.5. The molecule has 0 atom stereocenters. The molecule has 0 fully saturated rings. The maximum absolute atomic E-state index is 5.18. The summed E-state index contributed by atoms with van der Waals surface area (Å²) in [6.45, 7) is 0. The normalized spacial score (nSPS) is 11.3. The number of benzene rings is 11. The average Bonchev–Trinajstić information content (AvgIpc) is 3.88. The van der Waals surface area contributed by atoms with Crippen molar-refractivity contribution in [2.75, 3.05) is 0 Å². The van der Waals surface area contributed by atoms with Crippen LogP contribution in [0.5, 0.6) is 0 Å². The van der Waals surface area contributed by atoms with Crippen LogP contribution < -0.4 is 0 Å². The van der Waals surface area contributed by atoms with Gasteiger partial charge in [-0.05, 0) is 0 Å². The van der Waals surface area contributed by atoms with E-state index in [0.29, 0.717) is 0 Å². The van der Waals surface area contributed by atoms with Gasteiger partial charge in [0.25, 0.3) is 0 Å². The molecule has 3 nitrogen and oxygen atoms in total. The first-order valence-corrected chi connectivity index (χ1v) is 26.4. The molecule has 13 aromatic rings. The Balaban J connectivity index is 1.25. The number of aromatic nitrogens is 3. The molecule has 13 rings (SSSR count). The van der Waals surface area contributed by atoms with Crippen LogP contribution in [0.2, 0.25) is 0 Å². The fourth-order valence-corrected chi connectivity index (χ4v) is 13.5. The Morgan fingerprint density at radius 2 is 0.575 bits per heavy atom. The number of hydrogen-bond acceptors (Lipinski definition) is 3. The van der Waals surface area contributed by atoms with Crippen LogP contribution in [0.25, 0.3) is 131 Å². The van der Waals surface area contributed by atoms with Gasteiger partial charge in [-0.25, -0.2) is 0 Å². The monoisotopic (exact) mass is 995 g/mol. The summed E-state index contributed by atoms with van der Waals surface area (Å²) in [5.74, 6) is 0. The molecule has 0 saturated heterocycles. The summed E-state index contributed by atoms with van der Waals surface area (Å²) in [6, 6.07) is 98.6. The molecule has 2 aromatic heterocycles. The molecule has 73 heavy (non-hydrogen) atoms. The summed E-state index contributed by atoms with van der Waals surface area (Å²) in [6.07, 6.45) is 0. The number of nitrogens with zero attached hydrogens (tertiary/aromatic N) is 3. The van der Waals surface area contributed by atoms with Gasteiger partial charge >= 0.3 is 428 Å². The molecule has 0 amide bonds.